The first-order chi connectivity index (χ1) is 14.5. The Balaban J connectivity index is 1.35. The normalized spacial score (nSPS) is 23.5. The molecule has 0 spiro atoms. The van der Waals surface area contributed by atoms with E-state index in [1.54, 1.807) is 0 Å². The van der Waals surface area contributed by atoms with Crippen LogP contribution in [0.4, 0.5) is 17.6 Å². The van der Waals surface area contributed by atoms with E-state index in [1.807, 2.05) is 38.6 Å². The van der Waals surface area contributed by atoms with E-state index in [9.17, 15) is 0 Å². The molecular weight excluding hydrogens is 378 g/mol. The van der Waals surface area contributed by atoms with Crippen LogP contribution in [-0.2, 0) is 4.74 Å². The first-order valence-corrected chi connectivity index (χ1v) is 10.7. The maximum absolute atomic E-state index is 5.56. The van der Waals surface area contributed by atoms with E-state index in [0.29, 0.717) is 24.0 Å². The third kappa shape index (κ3) is 3.39. The molecule has 30 heavy (non-hydrogen) atoms. The minimum absolute atomic E-state index is 0.336. The number of rotatable bonds is 5. The molecule has 8 nitrogen and oxygen atoms in total. The highest BCUT2D eigenvalue weighted by molar-refractivity contribution is 5.79. The van der Waals surface area contributed by atoms with Crippen LogP contribution in [0.2, 0.25) is 0 Å². The van der Waals surface area contributed by atoms with Crippen molar-refractivity contribution in [2.24, 2.45) is 11.8 Å². The van der Waals surface area contributed by atoms with E-state index in [0.717, 1.165) is 60.4 Å². The van der Waals surface area contributed by atoms with Gasteiger partial charge in [0, 0.05) is 38.5 Å². The zero-order chi connectivity index (χ0) is 20.8. The molecule has 3 aromatic heterocycles. The van der Waals surface area contributed by atoms with Gasteiger partial charge >= 0.3 is 0 Å². The van der Waals surface area contributed by atoms with Gasteiger partial charge < -0.3 is 19.5 Å². The van der Waals surface area contributed by atoms with E-state index in [-0.39, 0.29) is 0 Å². The summed E-state index contributed by atoms with van der Waals surface area (Å²) in [5.41, 5.74) is 1.99. The Hall–Kier alpha value is -2.74. The number of nitrogens with zero attached hydrogens (tertiary/aromatic N) is 6. The molecule has 2 aliphatic rings. The van der Waals surface area contributed by atoms with Crippen LogP contribution < -0.4 is 10.2 Å². The topological polar surface area (TPSA) is 81.0 Å². The maximum Gasteiger partial charge on any atom is 0.227 e. The first kappa shape index (κ1) is 19.2. The molecule has 0 aromatic carbocycles. The lowest BCUT2D eigenvalue weighted by molar-refractivity contribution is 0.102. The Morgan fingerprint density at radius 3 is 2.57 bits per heavy atom. The molecule has 3 aromatic rings. The fourth-order valence-electron chi connectivity index (χ4n) is 5.14. The Kier molecular flexibility index (Phi) is 4.81. The number of nitrogens with one attached hydrogen (secondary N) is 1. The Bertz CT molecular complexity index is 1050. The monoisotopic (exact) mass is 407 g/mol. The molecule has 8 heteroatoms. The molecular formula is C22H29N7O. The number of hydrogen-bond donors (Lipinski definition) is 1. The number of pyridine rings is 1. The summed E-state index contributed by atoms with van der Waals surface area (Å²) in [6.07, 6.45) is 6.34. The zero-order valence-corrected chi connectivity index (χ0v) is 18.0. The lowest BCUT2D eigenvalue weighted by Crippen LogP contribution is -2.25. The summed E-state index contributed by atoms with van der Waals surface area (Å²) in [6, 6.07) is 4.27. The summed E-state index contributed by atoms with van der Waals surface area (Å²) in [5.74, 6) is 4.66. The standard InChI is InChI=1S/C22H29N7O/c1-13(2)29-14(3)25-18-10-24-21(9-19(18)29)26-20-5-6-23-22(27-20)28-11-15-7-17(30-4)8-16(15)12-28/h5-6,9-10,13,15-17H,7-8,11-12H2,1-4H3,(H,23,24,26,27)/t15-,16+,17+. The Labute approximate surface area is 176 Å². The highest BCUT2D eigenvalue weighted by atomic mass is 16.5. The Morgan fingerprint density at radius 2 is 1.87 bits per heavy atom. The predicted octanol–water partition coefficient (Wildman–Crippen LogP) is 3.72. The van der Waals surface area contributed by atoms with Crippen molar-refractivity contribution in [2.75, 3.05) is 30.4 Å². The van der Waals surface area contributed by atoms with Gasteiger partial charge in [-0.15, -0.1) is 0 Å². The number of anilines is 3. The molecule has 0 bridgehead atoms. The molecule has 0 amide bonds. The van der Waals surface area contributed by atoms with Crippen LogP contribution in [-0.4, -0.2) is 50.8 Å². The molecule has 1 N–H and O–H groups in total. The number of ether oxygens (including phenoxy) is 1. The molecule has 0 unspecified atom stereocenters. The molecule has 1 aliphatic heterocycles. The summed E-state index contributed by atoms with van der Waals surface area (Å²) in [4.78, 5) is 20.8. The minimum atomic E-state index is 0.336. The number of aromatic nitrogens is 5. The van der Waals surface area contributed by atoms with E-state index >= 15 is 0 Å². The first-order valence-electron chi connectivity index (χ1n) is 10.7. The van der Waals surface area contributed by atoms with Crippen LogP contribution in [0.15, 0.2) is 24.5 Å². The smallest absolute Gasteiger partial charge is 0.227 e. The van der Waals surface area contributed by atoms with Crippen molar-refractivity contribution in [1.29, 1.82) is 0 Å². The molecule has 5 rings (SSSR count). The Morgan fingerprint density at radius 1 is 1.10 bits per heavy atom. The van der Waals surface area contributed by atoms with Crippen LogP contribution in [0.5, 0.6) is 0 Å². The number of methoxy groups -OCH3 is 1. The quantitative estimate of drug-likeness (QED) is 0.690. The van der Waals surface area contributed by atoms with Gasteiger partial charge in [0.1, 0.15) is 23.0 Å². The van der Waals surface area contributed by atoms with Gasteiger partial charge in [0.15, 0.2) is 0 Å². The predicted molar refractivity (Wildman–Crippen MR) is 117 cm³/mol. The van der Waals surface area contributed by atoms with Gasteiger partial charge in [-0.2, -0.15) is 4.98 Å². The third-order valence-corrected chi connectivity index (χ3v) is 6.49. The molecule has 1 saturated heterocycles. The minimum Gasteiger partial charge on any atom is -0.381 e. The molecule has 158 valence electrons. The van der Waals surface area contributed by atoms with Crippen molar-refractivity contribution in [1.82, 2.24) is 24.5 Å². The second kappa shape index (κ2) is 7.50. The van der Waals surface area contributed by atoms with E-state index in [2.05, 4.69) is 43.6 Å². The molecule has 4 heterocycles. The zero-order valence-electron chi connectivity index (χ0n) is 18.0. The van der Waals surface area contributed by atoms with Gasteiger partial charge in [0.05, 0.1) is 17.8 Å². The highest BCUT2D eigenvalue weighted by Gasteiger charge is 2.41. The van der Waals surface area contributed by atoms with Crippen LogP contribution >= 0.6 is 0 Å². The number of imidazole rings is 1. The largest absolute Gasteiger partial charge is 0.381 e. The van der Waals surface area contributed by atoms with E-state index in [4.69, 9.17) is 9.72 Å². The summed E-state index contributed by atoms with van der Waals surface area (Å²) in [5, 5.41) is 3.35. The van der Waals surface area contributed by atoms with E-state index < -0.39 is 0 Å². The summed E-state index contributed by atoms with van der Waals surface area (Å²) in [6.45, 7) is 8.37. The van der Waals surface area contributed by atoms with Gasteiger partial charge in [-0.05, 0) is 51.5 Å². The summed E-state index contributed by atoms with van der Waals surface area (Å²) in [7, 11) is 1.82. The summed E-state index contributed by atoms with van der Waals surface area (Å²) < 4.78 is 7.78. The SMILES string of the molecule is CO[C@H]1C[C@@H]2CN(c3nccc(Nc4cc5c(cn4)nc(C)n5C(C)C)n3)C[C@@H]2C1. The average molecular weight is 408 g/mol. The van der Waals surface area contributed by atoms with Gasteiger partial charge in [0.2, 0.25) is 5.95 Å². The molecule has 2 fully saturated rings. The number of aryl methyl sites for hydroxylation is 1. The van der Waals surface area contributed by atoms with Crippen molar-refractivity contribution in [3.63, 3.8) is 0 Å². The van der Waals surface area contributed by atoms with Crippen molar-refractivity contribution in [3.8, 4) is 0 Å². The molecule has 1 aliphatic carbocycles. The maximum atomic E-state index is 5.56. The molecule has 0 radical (unpaired) electrons. The van der Waals surface area contributed by atoms with Crippen molar-refractivity contribution < 1.29 is 4.74 Å². The van der Waals surface area contributed by atoms with Gasteiger partial charge in [-0.3, -0.25) is 0 Å². The fraction of sp³-hybridized carbons (Fsp3) is 0.545. The summed E-state index contributed by atoms with van der Waals surface area (Å²) >= 11 is 0. The van der Waals surface area contributed by atoms with Crippen LogP contribution in [0, 0.1) is 18.8 Å². The van der Waals surface area contributed by atoms with Gasteiger partial charge in [-0.25, -0.2) is 15.0 Å². The molecule has 3 atom stereocenters. The second-order valence-electron chi connectivity index (χ2n) is 8.80. The van der Waals surface area contributed by atoms with Gasteiger partial charge in [0.25, 0.3) is 0 Å². The van der Waals surface area contributed by atoms with Crippen molar-refractivity contribution >= 4 is 28.6 Å². The lowest BCUT2D eigenvalue weighted by Gasteiger charge is -2.19. The van der Waals surface area contributed by atoms with E-state index in [1.165, 1.54) is 0 Å². The lowest BCUT2D eigenvalue weighted by atomic mass is 10.0. The number of fused-ring (bicyclic) bond motifs is 2. The fourth-order valence-corrected chi connectivity index (χ4v) is 5.14. The number of hydrogen-bond acceptors (Lipinski definition) is 7. The van der Waals surface area contributed by atoms with Crippen LogP contribution in [0.1, 0.15) is 38.6 Å². The van der Waals surface area contributed by atoms with Crippen molar-refractivity contribution in [2.45, 2.75) is 45.8 Å². The third-order valence-electron chi connectivity index (χ3n) is 6.49. The second-order valence-corrected chi connectivity index (χ2v) is 8.80. The van der Waals surface area contributed by atoms with Crippen LogP contribution in [0.3, 0.4) is 0 Å². The van der Waals surface area contributed by atoms with Crippen LogP contribution in [0.25, 0.3) is 11.0 Å². The van der Waals surface area contributed by atoms with Crippen molar-refractivity contribution in [3.05, 3.63) is 30.4 Å². The van der Waals surface area contributed by atoms with Gasteiger partial charge in [-0.1, -0.05) is 0 Å². The average Bonchev–Trinajstić information content (AvgIpc) is 3.38. The molecule has 1 saturated carbocycles. The highest BCUT2D eigenvalue weighted by Crippen LogP contribution is 2.40.